The van der Waals surface area contributed by atoms with Crippen molar-refractivity contribution in [3.63, 3.8) is 0 Å². The van der Waals surface area contributed by atoms with E-state index in [2.05, 4.69) is 38.4 Å². The number of phenols is 1. The normalized spacial score (nSPS) is 10.9. The van der Waals surface area contributed by atoms with Crippen LogP contribution in [-0.2, 0) is 6.54 Å². The van der Waals surface area contributed by atoms with E-state index in [1.807, 2.05) is 48.5 Å². The van der Waals surface area contributed by atoms with Gasteiger partial charge in [-0.05, 0) is 48.0 Å². The van der Waals surface area contributed by atoms with Crippen molar-refractivity contribution < 1.29 is 5.11 Å². The number of hydrogen-bond acceptors (Lipinski definition) is 3. The molecule has 24 heavy (non-hydrogen) atoms. The van der Waals surface area contributed by atoms with Crippen LogP contribution in [0.25, 0.3) is 0 Å². The maximum atomic E-state index is 9.81. The van der Waals surface area contributed by atoms with Crippen molar-refractivity contribution >= 4 is 33.5 Å². The maximum absolute atomic E-state index is 9.81. The first-order valence-electron chi connectivity index (χ1n) is 7.61. The summed E-state index contributed by atoms with van der Waals surface area (Å²) in [6.45, 7) is 0.787. The number of anilines is 1. The number of phenolic OH excluding ortho intramolecular Hbond substituents is 1. The zero-order valence-electron chi connectivity index (χ0n) is 13.0. The Kier molecular flexibility index (Phi) is 5.29. The molecule has 0 spiro atoms. The van der Waals surface area contributed by atoms with E-state index in [0.717, 1.165) is 22.4 Å². The molecule has 0 radical (unpaired) electrons. The Morgan fingerprint density at radius 1 is 0.958 bits per heavy atom. The summed E-state index contributed by atoms with van der Waals surface area (Å²) < 4.78 is 0.905. The molecule has 3 aromatic carbocycles. The van der Waals surface area contributed by atoms with E-state index in [0.29, 0.717) is 5.56 Å². The molecule has 0 aliphatic rings. The van der Waals surface area contributed by atoms with Crippen LogP contribution < -0.4 is 5.32 Å². The van der Waals surface area contributed by atoms with Gasteiger partial charge in [0.05, 0.1) is 5.69 Å². The summed E-state index contributed by atoms with van der Waals surface area (Å²) >= 11 is 3.39. The van der Waals surface area contributed by atoms with E-state index in [-0.39, 0.29) is 5.75 Å². The van der Waals surface area contributed by atoms with Crippen molar-refractivity contribution in [2.45, 2.75) is 6.54 Å². The number of nitrogens with one attached hydrogen (secondary N) is 1. The number of hydrogen-bond donors (Lipinski definition) is 2. The van der Waals surface area contributed by atoms with Gasteiger partial charge >= 0.3 is 0 Å². The smallest absolute Gasteiger partial charge is 0.124 e. The van der Waals surface area contributed by atoms with Gasteiger partial charge in [-0.1, -0.05) is 46.3 Å². The molecule has 0 aromatic heterocycles. The zero-order valence-corrected chi connectivity index (χ0v) is 14.6. The maximum Gasteiger partial charge on any atom is 0.124 e. The quantitative estimate of drug-likeness (QED) is 0.572. The molecule has 0 fully saturated rings. The molecule has 0 heterocycles. The molecule has 0 bridgehead atoms. The van der Waals surface area contributed by atoms with Crippen LogP contribution in [0.4, 0.5) is 11.4 Å². The Labute approximate surface area is 149 Å². The van der Waals surface area contributed by atoms with Crippen molar-refractivity contribution in [1.82, 2.24) is 0 Å². The lowest BCUT2D eigenvalue weighted by Gasteiger charge is -2.06. The second-order valence-corrected chi connectivity index (χ2v) is 6.26. The molecule has 0 aliphatic heterocycles. The second-order valence-electron chi connectivity index (χ2n) is 5.35. The van der Waals surface area contributed by atoms with Crippen molar-refractivity contribution in [1.29, 1.82) is 0 Å². The number of rotatable bonds is 5. The second kappa shape index (κ2) is 7.79. The number of benzene rings is 3. The molecular formula is C20H17BrN2O. The standard InChI is InChI=1S/C20H17BrN2O/c21-17-6-11-20(24)16(12-17)14-23-19-9-7-18(8-10-19)22-13-15-4-2-1-3-5-15/h1-12,14,22,24H,13H2/b23-14+. The molecule has 4 heteroatoms. The number of nitrogens with zero attached hydrogens (tertiary/aromatic N) is 1. The molecule has 3 nitrogen and oxygen atoms in total. The van der Waals surface area contributed by atoms with Crippen LogP contribution in [0.5, 0.6) is 5.75 Å². The van der Waals surface area contributed by atoms with Crippen LogP contribution in [0, 0.1) is 0 Å². The average molecular weight is 381 g/mol. The highest BCUT2D eigenvalue weighted by Gasteiger charge is 1.99. The Morgan fingerprint density at radius 3 is 2.46 bits per heavy atom. The average Bonchev–Trinajstić information content (AvgIpc) is 2.62. The molecule has 3 rings (SSSR count). The fraction of sp³-hybridized carbons (Fsp3) is 0.0500. The monoisotopic (exact) mass is 380 g/mol. The topological polar surface area (TPSA) is 44.6 Å². The number of halogens is 1. The van der Waals surface area contributed by atoms with Gasteiger partial charge in [-0.15, -0.1) is 0 Å². The molecule has 0 amide bonds. The third-order valence-electron chi connectivity index (χ3n) is 3.55. The van der Waals surface area contributed by atoms with Gasteiger partial charge in [-0.2, -0.15) is 0 Å². The first kappa shape index (κ1) is 16.3. The van der Waals surface area contributed by atoms with Crippen LogP contribution in [0.15, 0.2) is 82.3 Å². The molecule has 0 saturated carbocycles. The Balaban J connectivity index is 1.64. The van der Waals surface area contributed by atoms with E-state index in [9.17, 15) is 5.11 Å². The predicted octanol–water partition coefficient (Wildman–Crippen LogP) is 5.52. The summed E-state index contributed by atoms with van der Waals surface area (Å²) in [4.78, 5) is 4.40. The van der Waals surface area contributed by atoms with E-state index >= 15 is 0 Å². The minimum absolute atomic E-state index is 0.211. The fourth-order valence-corrected chi connectivity index (χ4v) is 2.62. The van der Waals surface area contributed by atoms with Gasteiger partial charge in [0, 0.05) is 28.5 Å². The van der Waals surface area contributed by atoms with Crippen LogP contribution in [-0.4, -0.2) is 11.3 Å². The van der Waals surface area contributed by atoms with Crippen LogP contribution in [0.1, 0.15) is 11.1 Å². The van der Waals surface area contributed by atoms with Crippen molar-refractivity contribution in [2.75, 3.05) is 5.32 Å². The van der Waals surface area contributed by atoms with Crippen LogP contribution in [0.3, 0.4) is 0 Å². The summed E-state index contributed by atoms with van der Waals surface area (Å²) in [6.07, 6.45) is 1.66. The highest BCUT2D eigenvalue weighted by Crippen LogP contribution is 2.22. The molecule has 3 aromatic rings. The van der Waals surface area contributed by atoms with Gasteiger partial charge in [-0.3, -0.25) is 4.99 Å². The highest BCUT2D eigenvalue weighted by molar-refractivity contribution is 9.10. The van der Waals surface area contributed by atoms with Crippen LogP contribution in [0.2, 0.25) is 0 Å². The minimum atomic E-state index is 0.211. The lowest BCUT2D eigenvalue weighted by atomic mass is 10.2. The van der Waals surface area contributed by atoms with E-state index in [1.54, 1.807) is 18.3 Å². The van der Waals surface area contributed by atoms with Gasteiger partial charge in [-0.25, -0.2) is 0 Å². The van der Waals surface area contributed by atoms with Gasteiger partial charge in [0.2, 0.25) is 0 Å². The SMILES string of the molecule is Oc1ccc(Br)cc1/C=N/c1ccc(NCc2ccccc2)cc1. The fourth-order valence-electron chi connectivity index (χ4n) is 2.24. The van der Waals surface area contributed by atoms with Crippen molar-refractivity contribution in [2.24, 2.45) is 4.99 Å². The third kappa shape index (κ3) is 4.46. The largest absolute Gasteiger partial charge is 0.507 e. The van der Waals surface area contributed by atoms with Gasteiger partial charge in [0.25, 0.3) is 0 Å². The van der Waals surface area contributed by atoms with Crippen LogP contribution >= 0.6 is 15.9 Å². The number of aromatic hydroxyl groups is 1. The lowest BCUT2D eigenvalue weighted by molar-refractivity contribution is 0.474. The van der Waals surface area contributed by atoms with Gasteiger partial charge < -0.3 is 10.4 Å². The summed E-state index contributed by atoms with van der Waals surface area (Å²) in [5, 5.41) is 13.2. The molecule has 2 N–H and O–H groups in total. The lowest BCUT2D eigenvalue weighted by Crippen LogP contribution is -1.98. The number of aliphatic imine (C=N–C) groups is 1. The molecule has 0 unspecified atom stereocenters. The summed E-state index contributed by atoms with van der Waals surface area (Å²) in [7, 11) is 0. The molecular weight excluding hydrogens is 364 g/mol. The van der Waals surface area contributed by atoms with Gasteiger partial charge in [0.15, 0.2) is 0 Å². The van der Waals surface area contributed by atoms with E-state index in [1.165, 1.54) is 5.56 Å². The van der Waals surface area contributed by atoms with Crippen molar-refractivity contribution in [3.05, 3.63) is 88.4 Å². The van der Waals surface area contributed by atoms with Crippen molar-refractivity contribution in [3.8, 4) is 5.75 Å². The van der Waals surface area contributed by atoms with E-state index < -0.39 is 0 Å². The summed E-state index contributed by atoms with van der Waals surface area (Å²) in [6, 6.07) is 23.4. The Hall–Kier alpha value is -2.59. The summed E-state index contributed by atoms with van der Waals surface area (Å²) in [5.74, 6) is 0.211. The molecule has 120 valence electrons. The predicted molar refractivity (Wildman–Crippen MR) is 103 cm³/mol. The Bertz CT molecular complexity index is 830. The molecule has 0 aliphatic carbocycles. The first-order valence-corrected chi connectivity index (χ1v) is 8.40. The molecule has 0 atom stereocenters. The molecule has 0 saturated heterocycles. The highest BCUT2D eigenvalue weighted by atomic mass is 79.9. The zero-order chi connectivity index (χ0) is 16.8. The Morgan fingerprint density at radius 2 is 1.71 bits per heavy atom. The van der Waals surface area contributed by atoms with Gasteiger partial charge in [0.1, 0.15) is 5.75 Å². The third-order valence-corrected chi connectivity index (χ3v) is 4.04. The van der Waals surface area contributed by atoms with E-state index in [4.69, 9.17) is 0 Å². The first-order chi connectivity index (χ1) is 11.7. The minimum Gasteiger partial charge on any atom is -0.507 e. The summed E-state index contributed by atoms with van der Waals surface area (Å²) in [5.41, 5.74) is 3.79.